The molecular formula is C23H18BrClN4O. The molecule has 0 spiro atoms. The minimum atomic E-state index is -0.398. The zero-order valence-corrected chi connectivity index (χ0v) is 18.7. The summed E-state index contributed by atoms with van der Waals surface area (Å²) >= 11 is 9.52. The van der Waals surface area contributed by atoms with Gasteiger partial charge in [0.25, 0.3) is 5.91 Å². The van der Waals surface area contributed by atoms with Crippen LogP contribution in [0.15, 0.2) is 71.2 Å². The Kier molecular flexibility index (Phi) is 5.70. The van der Waals surface area contributed by atoms with Crippen LogP contribution in [0, 0.1) is 13.8 Å². The molecule has 3 aromatic carbocycles. The van der Waals surface area contributed by atoms with Crippen LogP contribution < -0.4 is 5.32 Å². The van der Waals surface area contributed by atoms with Gasteiger partial charge in [0.2, 0.25) is 5.82 Å². The molecule has 4 rings (SSSR count). The molecule has 150 valence electrons. The second kappa shape index (κ2) is 8.42. The number of aromatic nitrogens is 3. The molecule has 0 bridgehead atoms. The van der Waals surface area contributed by atoms with E-state index in [-0.39, 0.29) is 5.82 Å². The van der Waals surface area contributed by atoms with E-state index >= 15 is 0 Å². The molecule has 0 aliphatic carbocycles. The highest BCUT2D eigenvalue weighted by Crippen LogP contribution is 2.25. The molecule has 7 heteroatoms. The third kappa shape index (κ3) is 4.30. The van der Waals surface area contributed by atoms with E-state index in [4.69, 9.17) is 11.6 Å². The Hall–Kier alpha value is -2.96. The number of anilines is 1. The Morgan fingerprint density at radius 2 is 1.80 bits per heavy atom. The lowest BCUT2D eigenvalue weighted by molar-refractivity contribution is 0.101. The standard InChI is InChI=1S/C23H18BrClN4O/c1-14-4-3-5-19(12-14)29-22(16-7-9-17(24)10-8-16)27-21(28-29)23(30)26-20-13-18(25)11-6-15(20)2/h3-13H,1-2H3,(H,26,30). The predicted octanol–water partition coefficient (Wildman–Crippen LogP) is 6.22. The van der Waals surface area contributed by atoms with Crippen LogP contribution in [0.2, 0.25) is 5.02 Å². The van der Waals surface area contributed by atoms with Crippen LogP contribution in [0.5, 0.6) is 0 Å². The average Bonchev–Trinajstić information content (AvgIpc) is 3.17. The average molecular weight is 482 g/mol. The second-order valence-corrected chi connectivity index (χ2v) is 8.28. The summed E-state index contributed by atoms with van der Waals surface area (Å²) < 4.78 is 2.65. The molecule has 30 heavy (non-hydrogen) atoms. The second-order valence-electron chi connectivity index (χ2n) is 6.93. The largest absolute Gasteiger partial charge is 0.319 e. The van der Waals surface area contributed by atoms with Crippen LogP contribution in [-0.4, -0.2) is 20.7 Å². The van der Waals surface area contributed by atoms with E-state index in [1.165, 1.54) is 0 Å². The van der Waals surface area contributed by atoms with Crippen molar-refractivity contribution in [3.05, 3.63) is 93.2 Å². The van der Waals surface area contributed by atoms with Crippen molar-refractivity contribution < 1.29 is 4.79 Å². The highest BCUT2D eigenvalue weighted by Gasteiger charge is 2.19. The Morgan fingerprint density at radius 1 is 1.03 bits per heavy atom. The van der Waals surface area contributed by atoms with E-state index in [1.807, 2.05) is 68.4 Å². The summed E-state index contributed by atoms with van der Waals surface area (Å²) in [7, 11) is 0. The number of aryl methyl sites for hydroxylation is 2. The number of hydrogen-bond donors (Lipinski definition) is 1. The monoisotopic (exact) mass is 480 g/mol. The van der Waals surface area contributed by atoms with Crippen LogP contribution in [0.1, 0.15) is 21.7 Å². The Bertz CT molecular complexity index is 1230. The minimum absolute atomic E-state index is 0.0776. The molecule has 1 heterocycles. The van der Waals surface area contributed by atoms with Crippen molar-refractivity contribution in [3.63, 3.8) is 0 Å². The van der Waals surface area contributed by atoms with E-state index in [0.29, 0.717) is 16.5 Å². The third-order valence-electron chi connectivity index (χ3n) is 4.61. The first-order valence-corrected chi connectivity index (χ1v) is 10.5. The Labute approximate surface area is 187 Å². The van der Waals surface area contributed by atoms with Gasteiger partial charge in [-0.15, -0.1) is 5.10 Å². The lowest BCUT2D eigenvalue weighted by Crippen LogP contribution is -2.15. The van der Waals surface area contributed by atoms with E-state index < -0.39 is 5.91 Å². The summed E-state index contributed by atoms with van der Waals surface area (Å²) in [5.74, 6) is 0.264. The molecule has 0 radical (unpaired) electrons. The maximum atomic E-state index is 12.9. The van der Waals surface area contributed by atoms with Gasteiger partial charge >= 0.3 is 0 Å². The van der Waals surface area contributed by atoms with Gasteiger partial charge in [-0.1, -0.05) is 57.9 Å². The predicted molar refractivity (Wildman–Crippen MR) is 123 cm³/mol. The Morgan fingerprint density at radius 3 is 2.53 bits per heavy atom. The molecule has 4 aromatic rings. The maximum Gasteiger partial charge on any atom is 0.295 e. The number of nitrogens with zero attached hydrogens (tertiary/aromatic N) is 3. The van der Waals surface area contributed by atoms with Gasteiger partial charge in [-0.25, -0.2) is 9.67 Å². The first kappa shape index (κ1) is 20.3. The van der Waals surface area contributed by atoms with Crippen molar-refractivity contribution in [3.8, 4) is 17.1 Å². The van der Waals surface area contributed by atoms with E-state index in [2.05, 4.69) is 31.3 Å². The zero-order chi connectivity index (χ0) is 21.3. The van der Waals surface area contributed by atoms with Gasteiger partial charge in [0.15, 0.2) is 5.82 Å². The summed E-state index contributed by atoms with van der Waals surface area (Å²) in [6.45, 7) is 3.91. The SMILES string of the molecule is Cc1cccc(-n2nc(C(=O)Nc3cc(Cl)ccc3C)nc2-c2ccc(Br)cc2)c1. The number of amides is 1. The summed E-state index contributed by atoms with van der Waals surface area (Å²) in [5.41, 5.74) is 4.30. The van der Waals surface area contributed by atoms with Gasteiger partial charge in [-0.05, 0) is 61.4 Å². The molecule has 1 aromatic heterocycles. The van der Waals surface area contributed by atoms with Crippen molar-refractivity contribution in [2.45, 2.75) is 13.8 Å². The highest BCUT2D eigenvalue weighted by molar-refractivity contribution is 9.10. The van der Waals surface area contributed by atoms with Crippen LogP contribution in [0.25, 0.3) is 17.1 Å². The molecule has 1 N–H and O–H groups in total. The number of rotatable bonds is 4. The normalized spacial score (nSPS) is 10.8. The van der Waals surface area contributed by atoms with E-state index in [0.717, 1.165) is 26.9 Å². The molecule has 0 saturated heterocycles. The molecule has 0 atom stereocenters. The van der Waals surface area contributed by atoms with Crippen LogP contribution in [0.4, 0.5) is 5.69 Å². The summed E-state index contributed by atoms with van der Waals surface area (Å²) in [4.78, 5) is 17.5. The fraction of sp³-hybridized carbons (Fsp3) is 0.0870. The number of hydrogen-bond acceptors (Lipinski definition) is 3. The number of halogens is 2. The fourth-order valence-electron chi connectivity index (χ4n) is 3.04. The van der Waals surface area contributed by atoms with Gasteiger partial charge in [0, 0.05) is 20.7 Å². The molecule has 0 unspecified atom stereocenters. The molecule has 5 nitrogen and oxygen atoms in total. The fourth-order valence-corrected chi connectivity index (χ4v) is 3.48. The molecule has 0 aliphatic rings. The molecule has 0 saturated carbocycles. The van der Waals surface area contributed by atoms with Gasteiger partial charge in [0.1, 0.15) is 0 Å². The van der Waals surface area contributed by atoms with Gasteiger partial charge in [-0.3, -0.25) is 4.79 Å². The van der Waals surface area contributed by atoms with Gasteiger partial charge in [0.05, 0.1) is 5.69 Å². The third-order valence-corrected chi connectivity index (χ3v) is 5.37. The van der Waals surface area contributed by atoms with Crippen LogP contribution in [-0.2, 0) is 0 Å². The van der Waals surface area contributed by atoms with E-state index in [9.17, 15) is 4.79 Å². The minimum Gasteiger partial charge on any atom is -0.319 e. The van der Waals surface area contributed by atoms with Crippen LogP contribution in [0.3, 0.4) is 0 Å². The quantitative estimate of drug-likeness (QED) is 0.376. The molecule has 0 fully saturated rings. The van der Waals surface area contributed by atoms with Crippen molar-refractivity contribution in [2.24, 2.45) is 0 Å². The first-order chi connectivity index (χ1) is 14.4. The van der Waals surface area contributed by atoms with Crippen LogP contribution >= 0.6 is 27.5 Å². The zero-order valence-electron chi connectivity index (χ0n) is 16.4. The number of nitrogens with one attached hydrogen (secondary N) is 1. The molecule has 0 aliphatic heterocycles. The molecular weight excluding hydrogens is 464 g/mol. The summed E-state index contributed by atoms with van der Waals surface area (Å²) in [5, 5.41) is 7.93. The highest BCUT2D eigenvalue weighted by atomic mass is 79.9. The Balaban J connectivity index is 1.77. The number of carbonyl (C=O) groups is 1. The number of benzene rings is 3. The van der Waals surface area contributed by atoms with Crippen molar-refractivity contribution in [1.82, 2.24) is 14.8 Å². The van der Waals surface area contributed by atoms with Crippen molar-refractivity contribution >= 4 is 39.1 Å². The van der Waals surface area contributed by atoms with Crippen molar-refractivity contribution in [1.29, 1.82) is 0 Å². The van der Waals surface area contributed by atoms with E-state index in [1.54, 1.807) is 16.8 Å². The lowest BCUT2D eigenvalue weighted by atomic mass is 10.2. The summed E-state index contributed by atoms with van der Waals surface area (Å²) in [6.07, 6.45) is 0. The first-order valence-electron chi connectivity index (χ1n) is 9.28. The maximum absolute atomic E-state index is 12.9. The smallest absolute Gasteiger partial charge is 0.295 e. The topological polar surface area (TPSA) is 59.8 Å². The van der Waals surface area contributed by atoms with Crippen molar-refractivity contribution in [2.75, 3.05) is 5.32 Å². The van der Waals surface area contributed by atoms with Gasteiger partial charge < -0.3 is 5.32 Å². The molecule has 1 amide bonds. The van der Waals surface area contributed by atoms with Gasteiger partial charge in [-0.2, -0.15) is 0 Å². The lowest BCUT2D eigenvalue weighted by Gasteiger charge is -2.07. The number of carbonyl (C=O) groups excluding carboxylic acids is 1. The summed E-state index contributed by atoms with van der Waals surface area (Å²) in [6, 6.07) is 21.0.